The van der Waals surface area contributed by atoms with Gasteiger partial charge in [-0.1, -0.05) is 48.1 Å². The van der Waals surface area contributed by atoms with Crippen LogP contribution in [-0.4, -0.2) is 41.4 Å². The largest absolute Gasteiger partial charge is 0.463 e. The van der Waals surface area contributed by atoms with Crippen LogP contribution in [0, 0.1) is 0 Å². The summed E-state index contributed by atoms with van der Waals surface area (Å²) in [7, 11) is -3.93. The third kappa shape index (κ3) is 6.91. The van der Waals surface area contributed by atoms with Gasteiger partial charge in [0, 0.05) is 12.5 Å². The second-order valence-corrected chi connectivity index (χ2v) is 20.8. The normalized spacial score (nSPS) is 23.4. The first-order chi connectivity index (χ1) is 12.9. The van der Waals surface area contributed by atoms with Gasteiger partial charge in [0.25, 0.3) is 0 Å². The zero-order valence-electron chi connectivity index (χ0n) is 20.7. The van der Waals surface area contributed by atoms with Crippen LogP contribution in [0.5, 0.6) is 0 Å². The summed E-state index contributed by atoms with van der Waals surface area (Å²) in [5.74, 6) is -0.317. The van der Waals surface area contributed by atoms with Crippen LogP contribution in [0.1, 0.15) is 61.3 Å². The molecule has 0 bridgehead atoms. The molecule has 2 atom stereocenters. The highest BCUT2D eigenvalue weighted by Gasteiger charge is 2.44. The lowest BCUT2D eigenvalue weighted by atomic mass is 9.86. The third-order valence-corrected chi connectivity index (χ3v) is 15.8. The second-order valence-electron chi connectivity index (χ2n) is 11.3. The molecule has 0 aromatic rings. The Morgan fingerprint density at radius 2 is 1.52 bits per heavy atom. The van der Waals surface area contributed by atoms with Crippen molar-refractivity contribution in [2.24, 2.45) is 0 Å². The number of hydrogen-bond acceptors (Lipinski definition) is 4. The van der Waals surface area contributed by atoms with Crippen LogP contribution in [-0.2, 0) is 18.4 Å². The van der Waals surface area contributed by atoms with Crippen molar-refractivity contribution < 1.29 is 18.4 Å². The fourth-order valence-corrected chi connectivity index (χ4v) is 5.53. The van der Waals surface area contributed by atoms with Gasteiger partial charge in [-0.3, -0.25) is 0 Å². The summed E-state index contributed by atoms with van der Waals surface area (Å²) < 4.78 is 18.6. The van der Waals surface area contributed by atoms with Crippen molar-refractivity contribution >= 4 is 22.6 Å². The number of hydrogen-bond donors (Lipinski definition) is 0. The Balaban J connectivity index is 3.21. The predicted molar refractivity (Wildman–Crippen MR) is 127 cm³/mol. The monoisotopic (exact) mass is 440 g/mol. The first-order valence-corrected chi connectivity index (χ1v) is 16.6. The minimum Gasteiger partial charge on any atom is -0.463 e. The first kappa shape index (κ1) is 26.3. The molecule has 29 heavy (non-hydrogen) atoms. The van der Waals surface area contributed by atoms with Crippen LogP contribution in [0.3, 0.4) is 0 Å². The lowest BCUT2D eigenvalue weighted by molar-refractivity contribution is -0.137. The zero-order chi connectivity index (χ0) is 22.8. The number of carbonyl (C=O) groups excluding carboxylic acids is 1. The van der Waals surface area contributed by atoms with Crippen LogP contribution in [0.25, 0.3) is 0 Å². The molecule has 0 unspecified atom stereocenters. The molecule has 4 nitrogen and oxygen atoms in total. The summed E-state index contributed by atoms with van der Waals surface area (Å²) in [6.45, 7) is 29.0. The van der Waals surface area contributed by atoms with E-state index in [1.165, 1.54) is 0 Å². The second kappa shape index (κ2) is 9.20. The lowest BCUT2D eigenvalue weighted by Crippen LogP contribution is -2.49. The van der Waals surface area contributed by atoms with E-state index in [2.05, 4.69) is 74.3 Å². The maximum absolute atomic E-state index is 12.2. The van der Waals surface area contributed by atoms with Crippen LogP contribution < -0.4 is 0 Å². The molecule has 0 N–H and O–H groups in total. The molecule has 0 radical (unpaired) electrons. The lowest BCUT2D eigenvalue weighted by Gasteiger charge is -2.45. The van der Waals surface area contributed by atoms with Gasteiger partial charge >= 0.3 is 5.97 Å². The average molecular weight is 441 g/mol. The van der Waals surface area contributed by atoms with Crippen molar-refractivity contribution in [1.29, 1.82) is 0 Å². The SMILES string of the molecule is C=C1/C(=C\C(=O)OCC)C[C@@H](O[Si](C)(C)C(C)(C)C)C[C@@H]1O[Si](C)(C)C(C)(C)C. The molecule has 1 aliphatic rings. The Morgan fingerprint density at radius 1 is 1.03 bits per heavy atom. The van der Waals surface area contributed by atoms with E-state index in [1.807, 2.05) is 6.92 Å². The number of esters is 1. The van der Waals surface area contributed by atoms with Gasteiger partial charge in [0.15, 0.2) is 16.6 Å². The predicted octanol–water partition coefficient (Wildman–Crippen LogP) is 6.61. The average Bonchev–Trinajstić information content (AvgIpc) is 2.49. The summed E-state index contributed by atoms with van der Waals surface area (Å²) in [6, 6.07) is 0. The quantitative estimate of drug-likeness (QED) is 0.265. The van der Waals surface area contributed by atoms with Gasteiger partial charge in [0.05, 0.1) is 18.8 Å². The molecular weight excluding hydrogens is 396 g/mol. The van der Waals surface area contributed by atoms with Gasteiger partial charge in [0.2, 0.25) is 0 Å². The Bertz CT molecular complexity index is 636. The molecule has 1 fully saturated rings. The fourth-order valence-electron chi connectivity index (χ4n) is 2.86. The van der Waals surface area contributed by atoms with Crippen molar-refractivity contribution in [3.63, 3.8) is 0 Å². The first-order valence-electron chi connectivity index (χ1n) is 10.8. The minimum atomic E-state index is -1.99. The molecular formula is C23H44O4Si2. The highest BCUT2D eigenvalue weighted by Crippen LogP contribution is 2.44. The van der Waals surface area contributed by atoms with Crippen molar-refractivity contribution in [3.05, 3.63) is 23.8 Å². The van der Waals surface area contributed by atoms with Crippen LogP contribution >= 0.6 is 0 Å². The zero-order valence-corrected chi connectivity index (χ0v) is 22.7. The van der Waals surface area contributed by atoms with Gasteiger partial charge in [-0.25, -0.2) is 4.79 Å². The molecule has 0 spiro atoms. The Morgan fingerprint density at radius 3 is 1.97 bits per heavy atom. The summed E-state index contributed by atoms with van der Waals surface area (Å²) in [4.78, 5) is 12.2. The maximum atomic E-state index is 12.2. The van der Waals surface area contributed by atoms with E-state index in [0.717, 1.165) is 17.6 Å². The van der Waals surface area contributed by atoms with E-state index >= 15 is 0 Å². The van der Waals surface area contributed by atoms with Gasteiger partial charge in [-0.15, -0.1) is 0 Å². The van der Waals surface area contributed by atoms with Gasteiger partial charge in [-0.05, 0) is 60.8 Å². The number of rotatable bonds is 6. The van der Waals surface area contributed by atoms with Crippen LogP contribution in [0.2, 0.25) is 36.3 Å². The van der Waals surface area contributed by atoms with Gasteiger partial charge in [-0.2, -0.15) is 0 Å². The molecule has 6 heteroatoms. The van der Waals surface area contributed by atoms with Gasteiger partial charge < -0.3 is 13.6 Å². The Kier molecular flexibility index (Phi) is 8.36. The van der Waals surface area contributed by atoms with E-state index in [1.54, 1.807) is 6.08 Å². The highest BCUT2D eigenvalue weighted by atomic mass is 28.4. The molecule has 1 saturated carbocycles. The van der Waals surface area contributed by atoms with Crippen molar-refractivity contribution in [2.75, 3.05) is 6.61 Å². The Labute approximate surface area is 181 Å². The third-order valence-electron chi connectivity index (χ3n) is 6.81. The van der Waals surface area contributed by atoms with E-state index in [-0.39, 0.29) is 28.3 Å². The topological polar surface area (TPSA) is 44.8 Å². The van der Waals surface area contributed by atoms with E-state index in [9.17, 15) is 4.79 Å². The highest BCUT2D eigenvalue weighted by molar-refractivity contribution is 6.74. The molecule has 1 rings (SSSR count). The summed E-state index contributed by atoms with van der Waals surface area (Å²) in [5, 5.41) is 0.230. The standard InChI is InChI=1S/C23H44O4Si2/c1-13-25-21(24)15-18-14-19(26-28(9,10)22(3,4)5)16-20(17(18)2)27-29(11,12)23(6,7)8/h15,19-20H,2,13-14,16H2,1,3-12H3/b18-15-/t19-,20+/m1/s1. The van der Waals surface area contributed by atoms with Gasteiger partial charge in [0.1, 0.15) is 0 Å². The Hall–Kier alpha value is -0.696. The summed E-state index contributed by atoms with van der Waals surface area (Å²) in [6.07, 6.45) is 2.96. The van der Waals surface area contributed by atoms with Crippen molar-refractivity contribution in [2.45, 2.75) is 110 Å². The van der Waals surface area contributed by atoms with Crippen molar-refractivity contribution in [1.82, 2.24) is 0 Å². The molecule has 0 amide bonds. The summed E-state index contributed by atoms with van der Waals surface area (Å²) in [5.41, 5.74) is 1.81. The van der Waals surface area contributed by atoms with E-state index < -0.39 is 16.6 Å². The molecule has 1 aliphatic carbocycles. The molecule has 0 aromatic heterocycles. The van der Waals surface area contributed by atoms with E-state index in [0.29, 0.717) is 13.0 Å². The smallest absolute Gasteiger partial charge is 0.331 e. The summed E-state index contributed by atoms with van der Waals surface area (Å²) >= 11 is 0. The molecule has 0 heterocycles. The molecule has 0 saturated heterocycles. The fraction of sp³-hybridized carbons (Fsp3) is 0.783. The molecule has 0 aliphatic heterocycles. The van der Waals surface area contributed by atoms with Crippen LogP contribution in [0.4, 0.5) is 0 Å². The maximum Gasteiger partial charge on any atom is 0.331 e. The molecule has 0 aromatic carbocycles. The number of ether oxygens (including phenoxy) is 1. The van der Waals surface area contributed by atoms with E-state index in [4.69, 9.17) is 13.6 Å². The molecule has 168 valence electrons. The van der Waals surface area contributed by atoms with Crippen LogP contribution in [0.15, 0.2) is 23.8 Å². The van der Waals surface area contributed by atoms with Crippen molar-refractivity contribution in [3.8, 4) is 0 Å². The number of carbonyl (C=O) groups is 1. The minimum absolute atomic E-state index is 0.0248.